The van der Waals surface area contributed by atoms with Gasteiger partial charge < -0.3 is 14.5 Å². The molecule has 0 radical (unpaired) electrons. The first-order valence-electron chi connectivity index (χ1n) is 7.60. The minimum atomic E-state index is -0.486. The number of hydrogen-bond donors (Lipinski definition) is 0. The molecule has 1 amide bonds. The quantitative estimate of drug-likeness (QED) is 0.751. The Labute approximate surface area is 144 Å². The fraction of sp³-hybridized carbons (Fsp3) is 0.562. The molecule has 6 nitrogen and oxygen atoms in total. The molecule has 2 unspecified atom stereocenters. The van der Waals surface area contributed by atoms with E-state index in [1.165, 1.54) is 0 Å². The molecular formula is C16H19BrN4O2. The Balaban J connectivity index is 1.74. The molecule has 3 rings (SSSR count). The number of halogens is 1. The highest BCUT2D eigenvalue weighted by Crippen LogP contribution is 2.36. The predicted octanol–water partition coefficient (Wildman–Crippen LogP) is 2.91. The summed E-state index contributed by atoms with van der Waals surface area (Å²) in [6.45, 7) is 6.92. The number of aromatic nitrogens is 1. The van der Waals surface area contributed by atoms with Crippen molar-refractivity contribution in [1.29, 1.82) is 5.26 Å². The predicted molar refractivity (Wildman–Crippen MR) is 89.1 cm³/mol. The number of ether oxygens (including phenoxy) is 1. The fourth-order valence-corrected chi connectivity index (χ4v) is 3.55. The number of hydrogen-bond acceptors (Lipinski definition) is 5. The van der Waals surface area contributed by atoms with Crippen LogP contribution in [0.2, 0.25) is 0 Å². The third kappa shape index (κ3) is 3.13. The molecule has 2 bridgehead atoms. The van der Waals surface area contributed by atoms with Crippen LogP contribution < -0.4 is 4.90 Å². The number of carbonyl (C=O) groups excluding carboxylic acids is 1. The van der Waals surface area contributed by atoms with E-state index in [4.69, 9.17) is 4.74 Å². The zero-order valence-electron chi connectivity index (χ0n) is 13.4. The average Bonchev–Trinajstić information content (AvgIpc) is 3.05. The summed E-state index contributed by atoms with van der Waals surface area (Å²) in [5, 5.41) is 9.32. The van der Waals surface area contributed by atoms with Crippen molar-refractivity contribution >= 4 is 27.8 Å². The number of carbonyl (C=O) groups is 1. The van der Waals surface area contributed by atoms with E-state index in [1.54, 1.807) is 17.2 Å². The molecule has 2 atom stereocenters. The molecule has 0 saturated carbocycles. The lowest BCUT2D eigenvalue weighted by Crippen LogP contribution is -2.50. The first-order chi connectivity index (χ1) is 10.8. The summed E-state index contributed by atoms with van der Waals surface area (Å²) in [6.07, 6.45) is 2.34. The van der Waals surface area contributed by atoms with Gasteiger partial charge in [0.1, 0.15) is 17.5 Å². The number of nitriles is 1. The molecule has 2 fully saturated rings. The number of amides is 1. The Kier molecular flexibility index (Phi) is 3.96. The van der Waals surface area contributed by atoms with Gasteiger partial charge in [-0.1, -0.05) is 0 Å². The largest absolute Gasteiger partial charge is 0.444 e. The van der Waals surface area contributed by atoms with Gasteiger partial charge in [-0.25, -0.2) is 9.78 Å². The third-order valence-corrected chi connectivity index (χ3v) is 4.53. The number of pyridine rings is 1. The number of likely N-dealkylation sites (tertiary alicyclic amines) is 1. The first-order valence-corrected chi connectivity index (χ1v) is 8.39. The second-order valence-electron chi connectivity index (χ2n) is 6.96. The van der Waals surface area contributed by atoms with E-state index < -0.39 is 5.60 Å². The number of anilines is 1. The van der Waals surface area contributed by atoms with Crippen molar-refractivity contribution in [2.75, 3.05) is 18.0 Å². The topological polar surface area (TPSA) is 69.5 Å². The lowest BCUT2D eigenvalue weighted by molar-refractivity contribution is 0.0214. The zero-order chi connectivity index (χ0) is 16.8. The van der Waals surface area contributed by atoms with Crippen LogP contribution in [-0.2, 0) is 4.74 Å². The van der Waals surface area contributed by atoms with Crippen molar-refractivity contribution in [2.24, 2.45) is 0 Å². The maximum Gasteiger partial charge on any atom is 0.410 e. The molecule has 23 heavy (non-hydrogen) atoms. The van der Waals surface area contributed by atoms with Crippen LogP contribution >= 0.6 is 15.9 Å². The van der Waals surface area contributed by atoms with Gasteiger partial charge >= 0.3 is 6.09 Å². The third-order valence-electron chi connectivity index (χ3n) is 4.09. The monoisotopic (exact) mass is 378 g/mol. The summed E-state index contributed by atoms with van der Waals surface area (Å²) in [7, 11) is 0. The molecule has 0 aliphatic carbocycles. The van der Waals surface area contributed by atoms with E-state index in [2.05, 4.69) is 31.9 Å². The van der Waals surface area contributed by atoms with E-state index in [9.17, 15) is 10.1 Å². The van der Waals surface area contributed by atoms with E-state index >= 15 is 0 Å². The summed E-state index contributed by atoms with van der Waals surface area (Å²) in [5.41, 5.74) is 0.0653. The minimum absolute atomic E-state index is 0.117. The molecule has 1 aromatic heterocycles. The summed E-state index contributed by atoms with van der Waals surface area (Å²) in [4.78, 5) is 20.6. The molecule has 0 aromatic carbocycles. The molecule has 0 N–H and O–H groups in total. The van der Waals surface area contributed by atoms with E-state index in [-0.39, 0.29) is 18.2 Å². The molecule has 2 aliphatic heterocycles. The highest BCUT2D eigenvalue weighted by atomic mass is 79.9. The maximum atomic E-state index is 12.3. The molecule has 0 spiro atoms. The molecule has 2 saturated heterocycles. The van der Waals surface area contributed by atoms with Crippen molar-refractivity contribution < 1.29 is 9.53 Å². The summed E-state index contributed by atoms with van der Waals surface area (Å²) < 4.78 is 6.26. The second-order valence-corrected chi connectivity index (χ2v) is 7.88. The average molecular weight is 379 g/mol. The maximum absolute atomic E-state index is 12.3. The Hall–Kier alpha value is -1.81. The Morgan fingerprint density at radius 1 is 1.43 bits per heavy atom. The van der Waals surface area contributed by atoms with Crippen LogP contribution in [0.25, 0.3) is 0 Å². The summed E-state index contributed by atoms with van der Waals surface area (Å²) >= 11 is 3.34. The van der Waals surface area contributed by atoms with Gasteiger partial charge in [0.15, 0.2) is 0 Å². The number of nitrogens with zero attached hydrogens (tertiary/aromatic N) is 4. The van der Waals surface area contributed by atoms with Crippen LogP contribution in [0.1, 0.15) is 32.8 Å². The van der Waals surface area contributed by atoms with Gasteiger partial charge in [0.05, 0.1) is 17.6 Å². The standard InChI is InChI=1S/C16H19BrN4O2/c1-16(2,3)23-15(22)21-9-12-5-13(21)8-20(12)14-10(6-18)4-11(17)7-19-14/h4,7,12-13H,5,8-9H2,1-3H3. The second kappa shape index (κ2) is 5.68. The van der Waals surface area contributed by atoms with E-state index in [0.717, 1.165) is 10.9 Å². The highest BCUT2D eigenvalue weighted by molar-refractivity contribution is 9.10. The number of rotatable bonds is 1. The molecule has 1 aromatic rings. The number of piperazine rings is 1. The van der Waals surface area contributed by atoms with Crippen molar-refractivity contribution in [3.8, 4) is 6.07 Å². The SMILES string of the molecule is CC(C)(C)OC(=O)N1CC2CC1CN2c1ncc(Br)cc1C#N. The van der Waals surface area contributed by atoms with Crippen LogP contribution in [0.15, 0.2) is 16.7 Å². The normalized spacial score (nSPS) is 23.1. The van der Waals surface area contributed by atoms with E-state index in [0.29, 0.717) is 24.5 Å². The van der Waals surface area contributed by atoms with Gasteiger partial charge in [0.2, 0.25) is 0 Å². The molecular weight excluding hydrogens is 360 g/mol. The van der Waals surface area contributed by atoms with Crippen molar-refractivity contribution in [3.63, 3.8) is 0 Å². The summed E-state index contributed by atoms with van der Waals surface area (Å²) in [5.74, 6) is 0.701. The van der Waals surface area contributed by atoms with Crippen molar-refractivity contribution in [2.45, 2.75) is 44.9 Å². The van der Waals surface area contributed by atoms with Crippen molar-refractivity contribution in [3.05, 3.63) is 22.3 Å². The Morgan fingerprint density at radius 3 is 2.74 bits per heavy atom. The smallest absolute Gasteiger partial charge is 0.410 e. The molecule has 122 valence electrons. The van der Waals surface area contributed by atoms with Crippen LogP contribution in [0.3, 0.4) is 0 Å². The van der Waals surface area contributed by atoms with Crippen LogP contribution in [0.4, 0.5) is 10.6 Å². The van der Waals surface area contributed by atoms with Gasteiger partial charge in [-0.05, 0) is 49.2 Å². The Bertz CT molecular complexity index is 680. The van der Waals surface area contributed by atoms with Gasteiger partial charge in [0, 0.05) is 23.8 Å². The van der Waals surface area contributed by atoms with Gasteiger partial charge in [-0.2, -0.15) is 5.26 Å². The number of fused-ring (bicyclic) bond motifs is 2. The van der Waals surface area contributed by atoms with Gasteiger partial charge in [-0.15, -0.1) is 0 Å². The summed E-state index contributed by atoms with van der Waals surface area (Å²) in [6, 6.07) is 4.28. The fourth-order valence-electron chi connectivity index (χ4n) is 3.21. The molecule has 2 aliphatic rings. The molecule has 3 heterocycles. The van der Waals surface area contributed by atoms with Crippen LogP contribution in [0, 0.1) is 11.3 Å². The lowest BCUT2D eigenvalue weighted by Gasteiger charge is -2.36. The zero-order valence-corrected chi connectivity index (χ0v) is 15.0. The first kappa shape index (κ1) is 16.1. The lowest BCUT2D eigenvalue weighted by atomic mass is 10.2. The van der Waals surface area contributed by atoms with Gasteiger partial charge in [-0.3, -0.25) is 0 Å². The van der Waals surface area contributed by atoms with Crippen LogP contribution in [-0.4, -0.2) is 46.8 Å². The van der Waals surface area contributed by atoms with Gasteiger partial charge in [0.25, 0.3) is 0 Å². The Morgan fingerprint density at radius 2 is 2.17 bits per heavy atom. The van der Waals surface area contributed by atoms with Crippen LogP contribution in [0.5, 0.6) is 0 Å². The van der Waals surface area contributed by atoms with Crippen molar-refractivity contribution in [1.82, 2.24) is 9.88 Å². The van der Waals surface area contributed by atoms with E-state index in [1.807, 2.05) is 20.8 Å². The minimum Gasteiger partial charge on any atom is -0.444 e. The highest BCUT2D eigenvalue weighted by Gasteiger charge is 2.47. The molecule has 7 heteroatoms.